The van der Waals surface area contributed by atoms with E-state index in [0.29, 0.717) is 0 Å². The SMILES string of the molecule is CC(C)CC[C@@H](CCNCc1cccs1)[C@H]1CCOC(C)(C)C1. The summed E-state index contributed by atoms with van der Waals surface area (Å²) in [4.78, 5) is 1.44. The van der Waals surface area contributed by atoms with Gasteiger partial charge in [-0.05, 0) is 75.3 Å². The summed E-state index contributed by atoms with van der Waals surface area (Å²) < 4.78 is 5.93. The first-order chi connectivity index (χ1) is 11.0. The third-order valence-electron chi connectivity index (χ3n) is 5.09. The fraction of sp³-hybridized carbons (Fsp3) is 0.800. The van der Waals surface area contributed by atoms with Gasteiger partial charge in [0.05, 0.1) is 5.60 Å². The van der Waals surface area contributed by atoms with E-state index in [0.717, 1.165) is 37.5 Å². The molecule has 2 heterocycles. The first-order valence-electron chi connectivity index (χ1n) is 9.33. The highest BCUT2D eigenvalue weighted by Gasteiger charge is 2.33. The van der Waals surface area contributed by atoms with Crippen molar-refractivity contribution in [2.24, 2.45) is 17.8 Å². The van der Waals surface area contributed by atoms with Crippen LogP contribution in [0.5, 0.6) is 0 Å². The van der Waals surface area contributed by atoms with Crippen LogP contribution >= 0.6 is 11.3 Å². The minimum Gasteiger partial charge on any atom is -0.376 e. The van der Waals surface area contributed by atoms with Gasteiger partial charge in [-0.3, -0.25) is 0 Å². The molecule has 0 amide bonds. The Morgan fingerprint density at radius 3 is 2.78 bits per heavy atom. The van der Waals surface area contributed by atoms with E-state index in [9.17, 15) is 0 Å². The molecule has 0 spiro atoms. The van der Waals surface area contributed by atoms with Crippen molar-refractivity contribution in [1.29, 1.82) is 0 Å². The van der Waals surface area contributed by atoms with E-state index in [2.05, 4.69) is 50.5 Å². The molecule has 23 heavy (non-hydrogen) atoms. The molecular formula is C20H35NOS. The van der Waals surface area contributed by atoms with Crippen LogP contribution in [0.3, 0.4) is 0 Å². The molecule has 1 aliphatic rings. The zero-order valence-electron chi connectivity index (χ0n) is 15.4. The van der Waals surface area contributed by atoms with Crippen LogP contribution < -0.4 is 5.32 Å². The van der Waals surface area contributed by atoms with Gasteiger partial charge in [-0.2, -0.15) is 0 Å². The normalized spacial score (nSPS) is 22.4. The predicted molar refractivity (Wildman–Crippen MR) is 101 cm³/mol. The summed E-state index contributed by atoms with van der Waals surface area (Å²) >= 11 is 1.84. The first-order valence-corrected chi connectivity index (χ1v) is 10.2. The minimum atomic E-state index is 0.0728. The fourth-order valence-electron chi connectivity index (χ4n) is 3.76. The summed E-state index contributed by atoms with van der Waals surface area (Å²) in [6, 6.07) is 4.35. The monoisotopic (exact) mass is 337 g/mol. The van der Waals surface area contributed by atoms with Gasteiger partial charge in [0.2, 0.25) is 0 Å². The molecule has 0 saturated carbocycles. The number of nitrogens with one attached hydrogen (secondary N) is 1. The highest BCUT2D eigenvalue weighted by Crippen LogP contribution is 2.37. The van der Waals surface area contributed by atoms with Gasteiger partial charge in [-0.1, -0.05) is 26.3 Å². The van der Waals surface area contributed by atoms with Crippen molar-refractivity contribution in [3.05, 3.63) is 22.4 Å². The highest BCUT2D eigenvalue weighted by molar-refractivity contribution is 7.09. The molecule has 1 aliphatic heterocycles. The topological polar surface area (TPSA) is 21.3 Å². The molecule has 0 bridgehead atoms. The Balaban J connectivity index is 1.80. The van der Waals surface area contributed by atoms with E-state index in [-0.39, 0.29) is 5.60 Å². The Labute approximate surface area is 147 Å². The van der Waals surface area contributed by atoms with E-state index >= 15 is 0 Å². The molecule has 3 heteroatoms. The molecule has 1 fully saturated rings. The zero-order chi connectivity index (χ0) is 16.7. The Bertz CT molecular complexity index is 427. The lowest BCUT2D eigenvalue weighted by Gasteiger charge is -2.39. The summed E-state index contributed by atoms with van der Waals surface area (Å²) in [7, 11) is 0. The summed E-state index contributed by atoms with van der Waals surface area (Å²) in [6.45, 7) is 12.3. The lowest BCUT2D eigenvalue weighted by atomic mass is 9.75. The summed E-state index contributed by atoms with van der Waals surface area (Å²) in [5.41, 5.74) is 0.0728. The largest absolute Gasteiger partial charge is 0.376 e. The lowest BCUT2D eigenvalue weighted by Crippen LogP contribution is -2.37. The molecule has 1 aromatic heterocycles. The van der Waals surface area contributed by atoms with Crippen molar-refractivity contribution < 1.29 is 4.74 Å². The fourth-order valence-corrected chi connectivity index (χ4v) is 4.43. The molecular weight excluding hydrogens is 302 g/mol. The van der Waals surface area contributed by atoms with Crippen LogP contribution in [0.2, 0.25) is 0 Å². The maximum absolute atomic E-state index is 5.93. The third-order valence-corrected chi connectivity index (χ3v) is 5.96. The Kier molecular flexibility index (Phi) is 7.58. The average molecular weight is 338 g/mol. The molecule has 132 valence electrons. The number of ether oxygens (including phenoxy) is 1. The molecule has 0 aromatic carbocycles. The van der Waals surface area contributed by atoms with Gasteiger partial charge < -0.3 is 10.1 Å². The van der Waals surface area contributed by atoms with Crippen LogP contribution in [-0.2, 0) is 11.3 Å². The predicted octanol–water partition coefficient (Wildman–Crippen LogP) is 5.49. The number of hydrogen-bond acceptors (Lipinski definition) is 3. The molecule has 0 radical (unpaired) electrons. The molecule has 1 N–H and O–H groups in total. The van der Waals surface area contributed by atoms with E-state index in [1.165, 1.54) is 37.0 Å². The maximum atomic E-state index is 5.93. The Hall–Kier alpha value is -0.380. The van der Waals surface area contributed by atoms with Gasteiger partial charge in [-0.15, -0.1) is 11.3 Å². The molecule has 0 unspecified atom stereocenters. The second-order valence-corrected chi connectivity index (χ2v) is 9.17. The van der Waals surface area contributed by atoms with Crippen molar-refractivity contribution in [1.82, 2.24) is 5.32 Å². The summed E-state index contributed by atoms with van der Waals surface area (Å²) in [6.07, 6.45) is 6.50. The standard InChI is InChI=1S/C20H35NOS/c1-16(2)7-8-17(18-10-12-22-20(3,4)14-18)9-11-21-15-19-6-5-13-23-19/h5-6,13,16-18,21H,7-12,14-15H2,1-4H3/t17-,18-/m0/s1. The van der Waals surface area contributed by atoms with Crippen LogP contribution in [0.25, 0.3) is 0 Å². The van der Waals surface area contributed by atoms with Crippen molar-refractivity contribution in [3.8, 4) is 0 Å². The van der Waals surface area contributed by atoms with Gasteiger partial charge in [-0.25, -0.2) is 0 Å². The van der Waals surface area contributed by atoms with Gasteiger partial charge in [0.15, 0.2) is 0 Å². The molecule has 0 aliphatic carbocycles. The molecule has 2 atom stereocenters. The van der Waals surface area contributed by atoms with Gasteiger partial charge in [0.1, 0.15) is 0 Å². The zero-order valence-corrected chi connectivity index (χ0v) is 16.3. The van der Waals surface area contributed by atoms with Crippen LogP contribution in [0.1, 0.15) is 64.7 Å². The van der Waals surface area contributed by atoms with E-state index in [4.69, 9.17) is 4.74 Å². The van der Waals surface area contributed by atoms with Crippen LogP contribution in [0.15, 0.2) is 17.5 Å². The van der Waals surface area contributed by atoms with Crippen molar-refractivity contribution >= 4 is 11.3 Å². The van der Waals surface area contributed by atoms with Crippen LogP contribution in [-0.4, -0.2) is 18.8 Å². The molecule has 2 rings (SSSR count). The lowest BCUT2D eigenvalue weighted by molar-refractivity contribution is -0.0839. The second-order valence-electron chi connectivity index (χ2n) is 8.14. The number of rotatable bonds is 9. The van der Waals surface area contributed by atoms with Crippen LogP contribution in [0.4, 0.5) is 0 Å². The average Bonchev–Trinajstić information content (AvgIpc) is 2.98. The first kappa shape index (κ1) is 19.0. The van der Waals surface area contributed by atoms with Crippen molar-refractivity contribution in [2.75, 3.05) is 13.2 Å². The number of hydrogen-bond donors (Lipinski definition) is 1. The van der Waals surface area contributed by atoms with Gasteiger partial charge in [0.25, 0.3) is 0 Å². The van der Waals surface area contributed by atoms with Crippen molar-refractivity contribution in [2.45, 2.75) is 71.9 Å². The van der Waals surface area contributed by atoms with Gasteiger partial charge in [0, 0.05) is 18.0 Å². The van der Waals surface area contributed by atoms with E-state index in [1.807, 2.05) is 11.3 Å². The summed E-state index contributed by atoms with van der Waals surface area (Å²) in [5.74, 6) is 2.49. The molecule has 1 aromatic rings. The van der Waals surface area contributed by atoms with E-state index < -0.39 is 0 Å². The third kappa shape index (κ3) is 6.94. The highest BCUT2D eigenvalue weighted by atomic mass is 32.1. The summed E-state index contributed by atoms with van der Waals surface area (Å²) in [5, 5.41) is 5.80. The van der Waals surface area contributed by atoms with Crippen LogP contribution in [0, 0.1) is 17.8 Å². The van der Waals surface area contributed by atoms with E-state index in [1.54, 1.807) is 0 Å². The van der Waals surface area contributed by atoms with Crippen molar-refractivity contribution in [3.63, 3.8) is 0 Å². The molecule has 1 saturated heterocycles. The Morgan fingerprint density at radius 2 is 2.13 bits per heavy atom. The molecule has 2 nitrogen and oxygen atoms in total. The second kappa shape index (κ2) is 9.19. The van der Waals surface area contributed by atoms with Gasteiger partial charge >= 0.3 is 0 Å². The smallest absolute Gasteiger partial charge is 0.0629 e. The quantitative estimate of drug-likeness (QED) is 0.602. The number of thiophene rings is 1. The minimum absolute atomic E-state index is 0.0728. The Morgan fingerprint density at radius 1 is 1.30 bits per heavy atom. The maximum Gasteiger partial charge on any atom is 0.0629 e.